The number of nitrogens with two attached hydrogens (primary N) is 1. The van der Waals surface area contributed by atoms with Crippen LogP contribution in [-0.2, 0) is 17.6 Å². The minimum Gasteiger partial charge on any atom is -0.340 e. The van der Waals surface area contributed by atoms with Gasteiger partial charge < -0.3 is 11.1 Å². The summed E-state index contributed by atoms with van der Waals surface area (Å²) in [5, 5.41) is 5.26. The van der Waals surface area contributed by atoms with Crippen molar-refractivity contribution in [3.05, 3.63) is 83.9 Å². The normalized spacial score (nSPS) is 12.0. The third kappa shape index (κ3) is 4.18. The number of hydrogen-bond acceptors (Lipinski definition) is 2. The van der Waals surface area contributed by atoms with Gasteiger partial charge in [-0.2, -0.15) is 0 Å². The fourth-order valence-corrected chi connectivity index (χ4v) is 2.71. The van der Waals surface area contributed by atoms with Crippen LogP contribution >= 0.6 is 0 Å². The zero-order chi connectivity index (χ0) is 16.1. The summed E-state index contributed by atoms with van der Waals surface area (Å²) in [6.45, 7) is 0. The Labute approximate surface area is 136 Å². The first kappa shape index (κ1) is 15.3. The molecule has 0 aliphatic heterocycles. The van der Waals surface area contributed by atoms with Crippen LogP contribution in [0.5, 0.6) is 0 Å². The van der Waals surface area contributed by atoms with E-state index in [-0.39, 0.29) is 12.1 Å². The molecule has 3 aromatic carbocycles. The van der Waals surface area contributed by atoms with Crippen molar-refractivity contribution in [1.82, 2.24) is 5.32 Å². The van der Waals surface area contributed by atoms with Crippen LogP contribution in [0, 0.1) is 0 Å². The summed E-state index contributed by atoms with van der Waals surface area (Å²) in [5.74, 6) is -0.0514. The standard InChI is InChI=1S/C20H20N2O/c21-19(22-20(23)14-15-6-2-1-3-7-15)13-16-10-11-17-8-4-5-9-18(17)12-16/h1-12,19H,13-14,21H2,(H,22,23). The third-order valence-corrected chi connectivity index (χ3v) is 3.82. The molecule has 23 heavy (non-hydrogen) atoms. The quantitative estimate of drug-likeness (QED) is 0.712. The molecule has 1 atom stereocenters. The van der Waals surface area contributed by atoms with Crippen LogP contribution in [0.2, 0.25) is 0 Å². The maximum atomic E-state index is 12.0. The maximum absolute atomic E-state index is 12.0. The average molecular weight is 304 g/mol. The Hall–Kier alpha value is -2.65. The van der Waals surface area contributed by atoms with Crippen LogP contribution in [0.1, 0.15) is 11.1 Å². The highest BCUT2D eigenvalue weighted by Gasteiger charge is 2.09. The lowest BCUT2D eigenvalue weighted by Gasteiger charge is -2.14. The number of carbonyl (C=O) groups excluding carboxylic acids is 1. The molecular formula is C20H20N2O. The van der Waals surface area contributed by atoms with Gasteiger partial charge in [0, 0.05) is 6.42 Å². The Morgan fingerprint density at radius 1 is 0.870 bits per heavy atom. The Bertz CT molecular complexity index is 799. The molecule has 1 amide bonds. The molecule has 0 heterocycles. The van der Waals surface area contributed by atoms with E-state index in [0.29, 0.717) is 12.8 Å². The molecular weight excluding hydrogens is 284 g/mol. The van der Waals surface area contributed by atoms with Crippen molar-refractivity contribution in [3.63, 3.8) is 0 Å². The van der Waals surface area contributed by atoms with Gasteiger partial charge in [0.2, 0.25) is 5.91 Å². The lowest BCUT2D eigenvalue weighted by Crippen LogP contribution is -2.43. The van der Waals surface area contributed by atoms with Crippen LogP contribution in [0.4, 0.5) is 0 Å². The van der Waals surface area contributed by atoms with Gasteiger partial charge in [-0.25, -0.2) is 0 Å². The molecule has 3 aromatic rings. The van der Waals surface area contributed by atoms with Gasteiger partial charge in [-0.3, -0.25) is 4.79 Å². The number of fused-ring (bicyclic) bond motifs is 1. The lowest BCUT2D eigenvalue weighted by atomic mass is 10.0. The highest BCUT2D eigenvalue weighted by Crippen LogP contribution is 2.16. The van der Waals surface area contributed by atoms with Gasteiger partial charge >= 0.3 is 0 Å². The second-order valence-corrected chi connectivity index (χ2v) is 5.72. The first-order valence-electron chi connectivity index (χ1n) is 7.77. The molecule has 3 N–H and O–H groups in total. The molecule has 0 radical (unpaired) electrons. The van der Waals surface area contributed by atoms with Crippen molar-refractivity contribution < 1.29 is 4.79 Å². The number of carbonyl (C=O) groups is 1. The Morgan fingerprint density at radius 3 is 2.35 bits per heavy atom. The average Bonchev–Trinajstić information content (AvgIpc) is 2.55. The summed E-state index contributed by atoms with van der Waals surface area (Å²) in [6.07, 6.45) is 0.588. The Kier molecular flexibility index (Phi) is 4.69. The van der Waals surface area contributed by atoms with Crippen molar-refractivity contribution in [2.75, 3.05) is 0 Å². The fourth-order valence-electron chi connectivity index (χ4n) is 2.71. The van der Waals surface area contributed by atoms with Crippen LogP contribution < -0.4 is 11.1 Å². The molecule has 3 heteroatoms. The summed E-state index contributed by atoms with van der Waals surface area (Å²) in [5.41, 5.74) is 8.18. The van der Waals surface area contributed by atoms with E-state index in [4.69, 9.17) is 5.73 Å². The summed E-state index contributed by atoms with van der Waals surface area (Å²) >= 11 is 0. The van der Waals surface area contributed by atoms with Gasteiger partial charge in [-0.15, -0.1) is 0 Å². The minimum absolute atomic E-state index is 0.0514. The van der Waals surface area contributed by atoms with E-state index in [0.717, 1.165) is 11.1 Å². The van der Waals surface area contributed by atoms with Crippen LogP contribution in [-0.4, -0.2) is 12.1 Å². The third-order valence-electron chi connectivity index (χ3n) is 3.82. The number of rotatable bonds is 5. The molecule has 0 bridgehead atoms. The van der Waals surface area contributed by atoms with Gasteiger partial charge in [0.15, 0.2) is 0 Å². The van der Waals surface area contributed by atoms with Gasteiger partial charge in [0.05, 0.1) is 12.6 Å². The predicted molar refractivity (Wildman–Crippen MR) is 93.9 cm³/mol. The van der Waals surface area contributed by atoms with E-state index in [9.17, 15) is 4.79 Å². The zero-order valence-corrected chi connectivity index (χ0v) is 12.9. The molecule has 0 aliphatic rings. The second-order valence-electron chi connectivity index (χ2n) is 5.72. The molecule has 3 rings (SSSR count). The first-order chi connectivity index (χ1) is 11.2. The van der Waals surface area contributed by atoms with E-state index >= 15 is 0 Å². The largest absolute Gasteiger partial charge is 0.340 e. The van der Waals surface area contributed by atoms with Crippen molar-refractivity contribution in [2.45, 2.75) is 19.0 Å². The highest BCUT2D eigenvalue weighted by molar-refractivity contribution is 5.83. The zero-order valence-electron chi connectivity index (χ0n) is 12.9. The van der Waals surface area contributed by atoms with Crippen LogP contribution in [0.3, 0.4) is 0 Å². The summed E-state index contributed by atoms with van der Waals surface area (Å²) < 4.78 is 0. The summed E-state index contributed by atoms with van der Waals surface area (Å²) in [6, 6.07) is 24.2. The van der Waals surface area contributed by atoms with E-state index in [1.165, 1.54) is 10.8 Å². The summed E-state index contributed by atoms with van der Waals surface area (Å²) in [4.78, 5) is 12.0. The first-order valence-corrected chi connectivity index (χ1v) is 7.77. The summed E-state index contributed by atoms with van der Waals surface area (Å²) in [7, 11) is 0. The van der Waals surface area contributed by atoms with Gasteiger partial charge in [-0.1, -0.05) is 72.8 Å². The van der Waals surface area contributed by atoms with Gasteiger partial charge in [-0.05, 0) is 21.9 Å². The van der Waals surface area contributed by atoms with Crippen molar-refractivity contribution >= 4 is 16.7 Å². The minimum atomic E-state index is -0.382. The number of hydrogen-bond donors (Lipinski definition) is 2. The van der Waals surface area contributed by atoms with Gasteiger partial charge in [0.25, 0.3) is 0 Å². The van der Waals surface area contributed by atoms with E-state index < -0.39 is 0 Å². The monoisotopic (exact) mass is 304 g/mol. The number of benzene rings is 3. The van der Waals surface area contributed by atoms with Gasteiger partial charge in [0.1, 0.15) is 0 Å². The molecule has 3 nitrogen and oxygen atoms in total. The van der Waals surface area contributed by atoms with E-state index in [1.807, 2.05) is 42.5 Å². The smallest absolute Gasteiger partial charge is 0.225 e. The van der Waals surface area contributed by atoms with E-state index in [2.05, 4.69) is 35.6 Å². The van der Waals surface area contributed by atoms with Crippen molar-refractivity contribution in [1.29, 1.82) is 0 Å². The lowest BCUT2D eigenvalue weighted by molar-refractivity contribution is -0.121. The Morgan fingerprint density at radius 2 is 1.57 bits per heavy atom. The molecule has 0 fully saturated rings. The SMILES string of the molecule is NC(Cc1ccc2ccccc2c1)NC(=O)Cc1ccccc1. The molecule has 0 aliphatic carbocycles. The topological polar surface area (TPSA) is 55.1 Å². The highest BCUT2D eigenvalue weighted by atomic mass is 16.1. The maximum Gasteiger partial charge on any atom is 0.225 e. The molecule has 116 valence electrons. The fraction of sp³-hybridized carbons (Fsp3) is 0.150. The van der Waals surface area contributed by atoms with E-state index in [1.54, 1.807) is 0 Å². The van der Waals surface area contributed by atoms with Crippen molar-refractivity contribution in [2.24, 2.45) is 5.73 Å². The predicted octanol–water partition coefficient (Wildman–Crippen LogP) is 3.03. The number of amides is 1. The molecule has 0 aromatic heterocycles. The molecule has 1 unspecified atom stereocenters. The van der Waals surface area contributed by atoms with Crippen LogP contribution in [0.25, 0.3) is 10.8 Å². The molecule has 0 saturated carbocycles. The van der Waals surface area contributed by atoms with Crippen LogP contribution in [0.15, 0.2) is 72.8 Å². The van der Waals surface area contributed by atoms with Crippen molar-refractivity contribution in [3.8, 4) is 0 Å². The number of nitrogens with one attached hydrogen (secondary N) is 1. The second kappa shape index (κ2) is 7.07. The Balaban J connectivity index is 1.59. The molecule has 0 spiro atoms. The molecule has 0 saturated heterocycles.